The zero-order chi connectivity index (χ0) is 14.5. The first-order valence-electron chi connectivity index (χ1n) is 5.79. The van der Waals surface area contributed by atoms with Crippen LogP contribution in [-0.4, -0.2) is 18.3 Å². The first-order valence-corrected chi connectivity index (χ1v) is 5.79. The van der Waals surface area contributed by atoms with Crippen LogP contribution in [0.1, 0.15) is 12.0 Å². The van der Waals surface area contributed by atoms with Gasteiger partial charge in [0.05, 0.1) is 5.70 Å². The molecule has 0 aliphatic carbocycles. The number of azo groups is 1. The fraction of sp³-hybridized carbons (Fsp3) is 0.231. The Kier molecular flexibility index (Phi) is 4.29. The summed E-state index contributed by atoms with van der Waals surface area (Å²) >= 11 is 0. The van der Waals surface area contributed by atoms with Crippen LogP contribution in [-0.2, 0) is 16.0 Å². The Balaban J connectivity index is 1.98. The van der Waals surface area contributed by atoms with Crippen molar-refractivity contribution in [1.29, 1.82) is 0 Å². The molecule has 1 aliphatic rings. The number of hydrogen-bond acceptors (Lipinski definition) is 4. The van der Waals surface area contributed by atoms with Crippen molar-refractivity contribution in [3.63, 3.8) is 0 Å². The molecule has 0 fully saturated rings. The molecular formula is C13H10F2N2O3. The quantitative estimate of drug-likeness (QED) is 0.779. The van der Waals surface area contributed by atoms with Gasteiger partial charge in [0.1, 0.15) is 5.75 Å². The number of benzene rings is 1. The van der Waals surface area contributed by atoms with Crippen molar-refractivity contribution in [3.05, 3.63) is 41.6 Å². The van der Waals surface area contributed by atoms with Crippen molar-refractivity contribution in [1.82, 2.24) is 0 Å². The highest BCUT2D eigenvalue weighted by atomic mass is 19.3. The molecule has 0 unspecified atom stereocenters. The number of rotatable bonds is 5. The number of halogens is 2. The van der Waals surface area contributed by atoms with Crippen molar-refractivity contribution in [2.75, 3.05) is 0 Å². The van der Waals surface area contributed by atoms with E-state index in [1.165, 1.54) is 12.1 Å². The zero-order valence-electron chi connectivity index (χ0n) is 10.3. The van der Waals surface area contributed by atoms with Crippen molar-refractivity contribution in [2.24, 2.45) is 10.2 Å². The summed E-state index contributed by atoms with van der Waals surface area (Å²) in [5, 5.41) is 6.82. The molecule has 0 saturated carbocycles. The maximum Gasteiger partial charge on any atom is 0.387 e. The first-order chi connectivity index (χ1) is 9.54. The van der Waals surface area contributed by atoms with Crippen LogP contribution < -0.4 is 4.74 Å². The molecule has 2 rings (SSSR count). The van der Waals surface area contributed by atoms with Crippen molar-refractivity contribution < 1.29 is 23.1 Å². The van der Waals surface area contributed by atoms with Crippen LogP contribution in [0, 0.1) is 0 Å². The Morgan fingerprint density at radius 2 is 1.95 bits per heavy atom. The van der Waals surface area contributed by atoms with Gasteiger partial charge >= 0.3 is 12.5 Å². The summed E-state index contributed by atoms with van der Waals surface area (Å²) in [5.74, 6) is -1.52. The summed E-state index contributed by atoms with van der Waals surface area (Å²) in [6.07, 6.45) is 1.97. The van der Waals surface area contributed by atoms with Gasteiger partial charge in [-0.25, -0.2) is 0 Å². The highest BCUT2D eigenvalue weighted by Crippen LogP contribution is 2.19. The minimum Gasteiger partial charge on any atom is -0.435 e. The third-order valence-electron chi connectivity index (χ3n) is 2.57. The van der Waals surface area contributed by atoms with E-state index in [0.717, 1.165) is 11.6 Å². The van der Waals surface area contributed by atoms with E-state index in [2.05, 4.69) is 15.0 Å². The van der Waals surface area contributed by atoms with Gasteiger partial charge in [0, 0.05) is 6.08 Å². The maximum atomic E-state index is 12.1. The zero-order valence-corrected chi connectivity index (χ0v) is 10.3. The molecule has 7 heteroatoms. The monoisotopic (exact) mass is 280 g/mol. The number of alkyl halides is 2. The van der Waals surface area contributed by atoms with Gasteiger partial charge in [-0.2, -0.15) is 13.9 Å². The van der Waals surface area contributed by atoms with Gasteiger partial charge in [0.2, 0.25) is 5.78 Å². The lowest BCUT2D eigenvalue weighted by Gasteiger charge is -2.07. The van der Waals surface area contributed by atoms with Crippen LogP contribution in [0.4, 0.5) is 8.78 Å². The molecule has 0 aromatic heterocycles. The lowest BCUT2D eigenvalue weighted by atomic mass is 10.1. The Hall–Kier alpha value is -2.44. The average molecular weight is 280 g/mol. The lowest BCUT2D eigenvalue weighted by Crippen LogP contribution is -2.11. The molecule has 0 bridgehead atoms. The number of carbonyl (C=O) groups is 2. The fourth-order valence-electron chi connectivity index (χ4n) is 1.67. The Labute approximate surface area is 113 Å². The molecule has 0 spiro atoms. The topological polar surface area (TPSA) is 68.1 Å². The number of amides is 1. The minimum absolute atomic E-state index is 0.0722. The number of hydrogen-bond donors (Lipinski definition) is 0. The molecule has 104 valence electrons. The van der Waals surface area contributed by atoms with Gasteiger partial charge in [-0.3, -0.25) is 9.59 Å². The van der Waals surface area contributed by atoms with E-state index in [-0.39, 0.29) is 5.75 Å². The Morgan fingerprint density at radius 1 is 1.15 bits per heavy atom. The lowest BCUT2D eigenvalue weighted by molar-refractivity contribution is -0.133. The van der Waals surface area contributed by atoms with Crippen LogP contribution in [0.3, 0.4) is 0 Å². The second kappa shape index (κ2) is 6.14. The molecule has 0 saturated heterocycles. The molecule has 1 aromatic rings. The van der Waals surface area contributed by atoms with Gasteiger partial charge in [-0.15, -0.1) is 5.11 Å². The van der Waals surface area contributed by atoms with E-state index in [4.69, 9.17) is 0 Å². The van der Waals surface area contributed by atoms with Crippen LogP contribution >= 0.6 is 0 Å². The number of ketones is 1. The third-order valence-corrected chi connectivity index (χ3v) is 2.57. The molecule has 1 aliphatic heterocycles. The van der Waals surface area contributed by atoms with Gasteiger partial charge in [0.25, 0.3) is 0 Å². The second-order valence-corrected chi connectivity index (χ2v) is 4.03. The Bertz CT molecular complexity index is 597. The summed E-state index contributed by atoms with van der Waals surface area (Å²) < 4.78 is 28.5. The number of carbonyl (C=O) groups excluding carboxylic acids is 2. The van der Waals surface area contributed by atoms with E-state index in [9.17, 15) is 18.4 Å². The number of allylic oxidation sites excluding steroid dienone is 1. The molecule has 1 heterocycles. The molecule has 1 amide bonds. The van der Waals surface area contributed by atoms with E-state index >= 15 is 0 Å². The standard InChI is InChI=1S/C13H10F2N2O3/c14-13(15)20-10-3-1-2-8(6-10)4-5-9-7-11(18)12(19)17-16-9/h1-3,6-7,13H,4-5H2. The van der Waals surface area contributed by atoms with Crippen LogP contribution in [0.15, 0.2) is 46.3 Å². The predicted octanol–water partition coefficient (Wildman–Crippen LogP) is 2.67. The minimum atomic E-state index is -2.87. The first kappa shape index (κ1) is 14.0. The number of aryl methyl sites for hydroxylation is 1. The summed E-state index contributed by atoms with van der Waals surface area (Å²) in [4.78, 5) is 21.9. The fourth-order valence-corrected chi connectivity index (χ4v) is 1.67. The SMILES string of the molecule is O=C1C=C(CCc2cccc(OC(F)F)c2)N=NC1=O. The van der Waals surface area contributed by atoms with Crippen LogP contribution in [0.25, 0.3) is 0 Å². The molecule has 0 atom stereocenters. The third kappa shape index (κ3) is 3.78. The predicted molar refractivity (Wildman–Crippen MR) is 64.3 cm³/mol. The summed E-state index contributed by atoms with van der Waals surface area (Å²) in [6, 6.07) is 6.25. The van der Waals surface area contributed by atoms with Gasteiger partial charge in [-0.1, -0.05) is 12.1 Å². The highest BCUT2D eigenvalue weighted by molar-refractivity contribution is 6.41. The molecule has 20 heavy (non-hydrogen) atoms. The van der Waals surface area contributed by atoms with Crippen molar-refractivity contribution in [2.45, 2.75) is 19.5 Å². The summed E-state index contributed by atoms with van der Waals surface area (Å²) in [7, 11) is 0. The smallest absolute Gasteiger partial charge is 0.387 e. The average Bonchev–Trinajstić information content (AvgIpc) is 2.40. The normalized spacial score (nSPS) is 14.7. The molecule has 5 nitrogen and oxygen atoms in total. The van der Waals surface area contributed by atoms with Crippen LogP contribution in [0.2, 0.25) is 0 Å². The highest BCUT2D eigenvalue weighted by Gasteiger charge is 2.16. The molecule has 0 radical (unpaired) electrons. The number of nitrogens with zero attached hydrogens (tertiary/aromatic N) is 2. The molecule has 0 N–H and O–H groups in total. The van der Waals surface area contributed by atoms with E-state index < -0.39 is 18.3 Å². The van der Waals surface area contributed by atoms with E-state index in [1.807, 2.05) is 0 Å². The van der Waals surface area contributed by atoms with Crippen LogP contribution in [0.5, 0.6) is 5.75 Å². The summed E-state index contributed by atoms with van der Waals surface area (Å²) in [5.41, 5.74) is 1.14. The summed E-state index contributed by atoms with van der Waals surface area (Å²) in [6.45, 7) is -2.87. The van der Waals surface area contributed by atoms with Gasteiger partial charge < -0.3 is 4.74 Å². The molecular weight excluding hydrogens is 270 g/mol. The Morgan fingerprint density at radius 3 is 2.65 bits per heavy atom. The van der Waals surface area contributed by atoms with Gasteiger partial charge in [0.15, 0.2) is 0 Å². The van der Waals surface area contributed by atoms with Crippen molar-refractivity contribution in [3.8, 4) is 5.75 Å². The number of ether oxygens (including phenoxy) is 1. The van der Waals surface area contributed by atoms with Gasteiger partial charge in [-0.05, 0) is 30.5 Å². The maximum absolute atomic E-state index is 12.1. The second-order valence-electron chi connectivity index (χ2n) is 4.03. The molecule has 1 aromatic carbocycles. The largest absolute Gasteiger partial charge is 0.435 e. The van der Waals surface area contributed by atoms with E-state index in [1.54, 1.807) is 12.1 Å². The van der Waals surface area contributed by atoms with Crippen molar-refractivity contribution >= 4 is 11.7 Å². The van der Waals surface area contributed by atoms with E-state index in [0.29, 0.717) is 18.5 Å².